The highest BCUT2D eigenvalue weighted by atomic mass is 15.1. The molecule has 0 saturated heterocycles. The normalized spacial score (nSPS) is 11.4. The van der Waals surface area contributed by atoms with Gasteiger partial charge in [0.25, 0.3) is 0 Å². The molecular formula is C36H60N. The Morgan fingerprint density at radius 1 is 0.514 bits per heavy atom. The van der Waals surface area contributed by atoms with Crippen LogP contribution in [0.5, 0.6) is 0 Å². The molecule has 0 spiro atoms. The third-order valence-corrected chi connectivity index (χ3v) is 8.04. The second kappa shape index (κ2) is 21.4. The van der Waals surface area contributed by atoms with Crippen molar-refractivity contribution in [2.24, 2.45) is 0 Å². The lowest BCUT2D eigenvalue weighted by Crippen LogP contribution is -2.25. The highest BCUT2D eigenvalue weighted by Crippen LogP contribution is 2.24. The van der Waals surface area contributed by atoms with Crippen LogP contribution in [0.3, 0.4) is 0 Å². The van der Waals surface area contributed by atoms with Gasteiger partial charge < -0.3 is 4.90 Å². The van der Waals surface area contributed by atoms with Crippen LogP contribution in [-0.2, 0) is 6.42 Å². The van der Waals surface area contributed by atoms with Crippen molar-refractivity contribution in [3.05, 3.63) is 42.0 Å². The average Bonchev–Trinajstić information content (AvgIpc) is 2.92. The molecule has 2 aromatic carbocycles. The number of aryl methyl sites for hydroxylation is 1. The maximum Gasteiger partial charge on any atom is 0.0453 e. The Morgan fingerprint density at radius 2 is 1.00 bits per heavy atom. The molecule has 0 saturated carbocycles. The smallest absolute Gasteiger partial charge is 0.0453 e. The van der Waals surface area contributed by atoms with E-state index in [2.05, 4.69) is 62.1 Å². The molecule has 37 heavy (non-hydrogen) atoms. The molecule has 0 fully saturated rings. The van der Waals surface area contributed by atoms with E-state index in [0.29, 0.717) is 0 Å². The molecule has 0 aromatic heterocycles. The Kier molecular flexibility index (Phi) is 18.4. The van der Waals surface area contributed by atoms with Gasteiger partial charge >= 0.3 is 0 Å². The van der Waals surface area contributed by atoms with Crippen LogP contribution in [-0.4, -0.2) is 13.1 Å². The van der Waals surface area contributed by atoms with E-state index in [1.54, 1.807) is 0 Å². The Hall–Kier alpha value is -1.50. The Balaban J connectivity index is 1.56. The first-order chi connectivity index (χ1) is 18.3. The van der Waals surface area contributed by atoms with Crippen molar-refractivity contribution in [2.45, 2.75) is 156 Å². The van der Waals surface area contributed by atoms with Crippen LogP contribution in [0.2, 0.25) is 0 Å². The largest absolute Gasteiger partial charge is 0.371 e. The van der Waals surface area contributed by atoms with Crippen molar-refractivity contribution in [3.8, 4) is 0 Å². The minimum absolute atomic E-state index is 1.15. The van der Waals surface area contributed by atoms with Crippen LogP contribution in [0.1, 0.15) is 155 Å². The predicted octanol–water partition coefficient (Wildman–Crippen LogP) is 11.9. The predicted molar refractivity (Wildman–Crippen MR) is 168 cm³/mol. The molecule has 2 rings (SSSR count). The molecule has 0 aliphatic rings. The zero-order chi connectivity index (χ0) is 26.4. The molecule has 0 aliphatic heterocycles. The van der Waals surface area contributed by atoms with Gasteiger partial charge in [-0.1, -0.05) is 148 Å². The van der Waals surface area contributed by atoms with Crippen molar-refractivity contribution in [3.63, 3.8) is 0 Å². The lowest BCUT2D eigenvalue weighted by Gasteiger charge is -2.25. The molecule has 2 aromatic rings. The second-order valence-electron chi connectivity index (χ2n) is 11.5. The number of hydrogen-bond donors (Lipinski definition) is 0. The summed E-state index contributed by atoms with van der Waals surface area (Å²) in [5.74, 6) is 0. The standard InChI is InChI=1S/C36H60N/c1-4-7-10-11-12-13-14-15-16-17-18-19-20-21-22-23-24-33-25-26-35-32-36(28-27-34(35)31-33)37(29-8-5-2)30-9-6-3/h25-27,31-32H,4-24,29-30H2,1-3H3. The Labute approximate surface area is 231 Å². The van der Waals surface area contributed by atoms with Crippen LogP contribution in [0.25, 0.3) is 10.8 Å². The molecule has 1 radical (unpaired) electrons. The van der Waals surface area contributed by atoms with Crippen LogP contribution >= 0.6 is 0 Å². The fraction of sp³-hybridized carbons (Fsp3) is 0.722. The first-order valence-electron chi connectivity index (χ1n) is 16.5. The van der Waals surface area contributed by atoms with Gasteiger partial charge in [-0.15, -0.1) is 0 Å². The second-order valence-corrected chi connectivity index (χ2v) is 11.5. The molecule has 1 nitrogen and oxygen atoms in total. The third kappa shape index (κ3) is 14.3. The van der Waals surface area contributed by atoms with Crippen LogP contribution in [0, 0.1) is 6.07 Å². The quantitative estimate of drug-likeness (QED) is 0.128. The molecule has 0 unspecified atom stereocenters. The van der Waals surface area contributed by atoms with Gasteiger partial charge in [-0.05, 0) is 54.2 Å². The zero-order valence-corrected chi connectivity index (χ0v) is 25.1. The topological polar surface area (TPSA) is 3.24 Å². The molecule has 0 amide bonds. The van der Waals surface area contributed by atoms with Crippen LogP contribution < -0.4 is 4.90 Å². The summed E-state index contributed by atoms with van der Waals surface area (Å²) >= 11 is 0. The van der Waals surface area contributed by atoms with E-state index >= 15 is 0 Å². The van der Waals surface area contributed by atoms with Gasteiger partial charge in [-0.2, -0.15) is 0 Å². The maximum atomic E-state index is 3.61. The van der Waals surface area contributed by atoms with Gasteiger partial charge in [0, 0.05) is 24.8 Å². The SMILES string of the molecule is CCCCCCCCCCCCCCCCCCc1ccc2cc(N(CCCC)CCCC)[c]cc2c1. The highest BCUT2D eigenvalue weighted by Gasteiger charge is 2.07. The zero-order valence-electron chi connectivity index (χ0n) is 25.1. The van der Waals surface area contributed by atoms with E-state index < -0.39 is 0 Å². The number of unbranched alkanes of at least 4 members (excludes halogenated alkanes) is 17. The summed E-state index contributed by atoms with van der Waals surface area (Å²) < 4.78 is 0. The number of fused-ring (bicyclic) bond motifs is 1. The molecule has 0 N–H and O–H groups in total. The van der Waals surface area contributed by atoms with Gasteiger partial charge in [0.1, 0.15) is 0 Å². The summed E-state index contributed by atoms with van der Waals surface area (Å²) in [5, 5.41) is 2.71. The number of benzene rings is 2. The average molecular weight is 507 g/mol. The lowest BCUT2D eigenvalue weighted by atomic mass is 10.0. The minimum atomic E-state index is 1.15. The van der Waals surface area contributed by atoms with E-state index in [1.807, 2.05) is 0 Å². The molecule has 1 heteroatoms. The van der Waals surface area contributed by atoms with Gasteiger partial charge in [0.05, 0.1) is 0 Å². The molecule has 0 bridgehead atoms. The minimum Gasteiger partial charge on any atom is -0.371 e. The summed E-state index contributed by atoms with van der Waals surface area (Å²) in [6, 6.07) is 15.3. The molecule has 209 valence electrons. The van der Waals surface area contributed by atoms with E-state index in [1.165, 1.54) is 157 Å². The summed E-state index contributed by atoms with van der Waals surface area (Å²) in [6.45, 7) is 9.16. The van der Waals surface area contributed by atoms with E-state index in [9.17, 15) is 0 Å². The number of hydrogen-bond acceptors (Lipinski definition) is 1. The van der Waals surface area contributed by atoms with Gasteiger partial charge in [-0.25, -0.2) is 0 Å². The fourth-order valence-electron chi connectivity index (χ4n) is 5.49. The molecular weight excluding hydrogens is 446 g/mol. The van der Waals surface area contributed by atoms with Crippen LogP contribution in [0.4, 0.5) is 5.69 Å². The molecule has 0 aliphatic carbocycles. The van der Waals surface area contributed by atoms with E-state index in [-0.39, 0.29) is 0 Å². The van der Waals surface area contributed by atoms with Crippen molar-refractivity contribution < 1.29 is 0 Å². The van der Waals surface area contributed by atoms with Gasteiger partial charge in [0.2, 0.25) is 0 Å². The van der Waals surface area contributed by atoms with Crippen LogP contribution in [0.15, 0.2) is 30.3 Å². The summed E-state index contributed by atoms with van der Waals surface area (Å²) in [5.41, 5.74) is 2.77. The number of rotatable bonds is 24. The summed E-state index contributed by atoms with van der Waals surface area (Å²) in [7, 11) is 0. The number of anilines is 1. The third-order valence-electron chi connectivity index (χ3n) is 8.04. The van der Waals surface area contributed by atoms with Crippen molar-refractivity contribution in [1.82, 2.24) is 0 Å². The molecule has 0 heterocycles. The van der Waals surface area contributed by atoms with Crippen molar-refractivity contribution in [1.29, 1.82) is 0 Å². The van der Waals surface area contributed by atoms with E-state index in [0.717, 1.165) is 13.1 Å². The first kappa shape index (κ1) is 31.7. The number of nitrogens with zero attached hydrogens (tertiary/aromatic N) is 1. The highest BCUT2D eigenvalue weighted by molar-refractivity contribution is 5.86. The molecule has 0 atom stereocenters. The van der Waals surface area contributed by atoms with Crippen molar-refractivity contribution in [2.75, 3.05) is 18.0 Å². The van der Waals surface area contributed by atoms with Gasteiger partial charge in [-0.3, -0.25) is 0 Å². The summed E-state index contributed by atoms with van der Waals surface area (Å²) in [4.78, 5) is 2.54. The van der Waals surface area contributed by atoms with E-state index in [4.69, 9.17) is 0 Å². The first-order valence-corrected chi connectivity index (χ1v) is 16.5. The Morgan fingerprint density at radius 3 is 1.51 bits per heavy atom. The monoisotopic (exact) mass is 506 g/mol. The fourth-order valence-corrected chi connectivity index (χ4v) is 5.49. The van der Waals surface area contributed by atoms with Crippen molar-refractivity contribution >= 4 is 16.5 Å². The summed E-state index contributed by atoms with van der Waals surface area (Å²) in [6.07, 6.45) is 29.2. The Bertz CT molecular complexity index is 786. The van der Waals surface area contributed by atoms with Gasteiger partial charge in [0.15, 0.2) is 0 Å². The maximum absolute atomic E-state index is 3.61. The lowest BCUT2D eigenvalue weighted by molar-refractivity contribution is 0.529.